The monoisotopic (exact) mass is 478 g/mol. The van der Waals surface area contributed by atoms with E-state index in [1.54, 1.807) is 18.1 Å². The summed E-state index contributed by atoms with van der Waals surface area (Å²) in [6.07, 6.45) is 20.2. The van der Waals surface area contributed by atoms with Gasteiger partial charge in [-0.25, -0.2) is 0 Å². The van der Waals surface area contributed by atoms with Crippen molar-refractivity contribution in [1.29, 1.82) is 0 Å². The van der Waals surface area contributed by atoms with Crippen LogP contribution in [-0.4, -0.2) is 51.8 Å². The van der Waals surface area contributed by atoms with Crippen LogP contribution in [0.3, 0.4) is 0 Å². The van der Waals surface area contributed by atoms with Crippen LogP contribution in [0.5, 0.6) is 0 Å². The van der Waals surface area contributed by atoms with Crippen molar-refractivity contribution in [2.24, 2.45) is 5.92 Å². The Bertz CT molecular complexity index is 604. The lowest BCUT2D eigenvalue weighted by atomic mass is 9.92. The Morgan fingerprint density at radius 1 is 0.941 bits per heavy atom. The predicted octanol–water partition coefficient (Wildman–Crippen LogP) is 6.75. The minimum atomic E-state index is -0.845. The van der Waals surface area contributed by atoms with Crippen LogP contribution >= 0.6 is 0 Å². The maximum atomic E-state index is 12.9. The third-order valence-electron chi connectivity index (χ3n) is 7.51. The van der Waals surface area contributed by atoms with Gasteiger partial charge in [-0.05, 0) is 31.5 Å². The van der Waals surface area contributed by atoms with Gasteiger partial charge >= 0.3 is 0 Å². The number of amides is 1. The van der Waals surface area contributed by atoms with Crippen molar-refractivity contribution in [3.05, 3.63) is 24.0 Å². The summed E-state index contributed by atoms with van der Waals surface area (Å²) in [5.74, 6) is -0.327. The van der Waals surface area contributed by atoms with E-state index in [4.69, 9.17) is 0 Å². The summed E-state index contributed by atoms with van der Waals surface area (Å²) < 4.78 is 0. The highest BCUT2D eigenvalue weighted by Gasteiger charge is 2.37. The molecule has 198 valence electrons. The number of carbonyl (C=O) groups is 1. The average molecular weight is 479 g/mol. The summed E-state index contributed by atoms with van der Waals surface area (Å²) in [5.41, 5.74) is 1.45. The topological polar surface area (TPSA) is 64.0 Å². The lowest BCUT2D eigenvalue weighted by Crippen LogP contribution is -2.51. The van der Waals surface area contributed by atoms with Gasteiger partial charge in [0.15, 0.2) is 0 Å². The molecule has 1 aliphatic heterocycles. The summed E-state index contributed by atoms with van der Waals surface area (Å²) in [5, 5.41) is 21.0. The Hall–Kier alpha value is -1.33. The van der Waals surface area contributed by atoms with Crippen LogP contribution in [0.15, 0.2) is 24.0 Å². The fourth-order valence-corrected chi connectivity index (χ4v) is 4.90. The standard InChI is InChI=1S/C29H54N2O3/c1-6-8-9-10-11-12-13-14-15-16-17-18-19-20-21-26(32)22-23-31-28(33)25(4)24(3)27(29(31)34)30(5)7-2/h7,25-26,28,32-33H,2,6,8-23H2,1,3-5H3/t25-,26?,28?/m1/s1. The minimum Gasteiger partial charge on any atom is -0.393 e. The minimum absolute atomic E-state index is 0.141. The SMILES string of the molecule is C=CN(C)C1=C(C)[C@@H](C)C(O)N(CCC(O)CCCCCCCCCCCCCCCC)C1=O. The molecule has 5 nitrogen and oxygen atoms in total. The molecule has 1 amide bonds. The summed E-state index contributed by atoms with van der Waals surface area (Å²) in [4.78, 5) is 16.2. The Balaban J connectivity index is 2.13. The number of unbranched alkanes of at least 4 members (excludes halogenated alkanes) is 13. The lowest BCUT2D eigenvalue weighted by molar-refractivity contribution is -0.144. The number of aliphatic hydroxyl groups is 2. The van der Waals surface area contributed by atoms with Crippen LogP contribution in [0.25, 0.3) is 0 Å². The van der Waals surface area contributed by atoms with Crippen LogP contribution in [0.1, 0.15) is 124 Å². The van der Waals surface area contributed by atoms with Gasteiger partial charge in [0.05, 0.1) is 6.10 Å². The Labute approximate surface area is 210 Å². The van der Waals surface area contributed by atoms with E-state index in [1.165, 1.54) is 81.9 Å². The molecule has 0 aromatic heterocycles. The Morgan fingerprint density at radius 3 is 1.88 bits per heavy atom. The number of rotatable bonds is 20. The number of aliphatic hydroxyl groups excluding tert-OH is 2. The number of hydrogen-bond donors (Lipinski definition) is 2. The molecule has 0 radical (unpaired) electrons. The first-order valence-corrected chi connectivity index (χ1v) is 14.1. The molecule has 1 heterocycles. The van der Waals surface area contributed by atoms with Gasteiger partial charge in [0, 0.05) is 19.5 Å². The third-order valence-corrected chi connectivity index (χ3v) is 7.51. The van der Waals surface area contributed by atoms with E-state index in [0.29, 0.717) is 18.7 Å². The molecule has 0 saturated carbocycles. The van der Waals surface area contributed by atoms with Gasteiger partial charge in [0.2, 0.25) is 0 Å². The molecule has 1 aliphatic rings. The highest BCUT2D eigenvalue weighted by Crippen LogP contribution is 2.30. The molecule has 2 N–H and O–H groups in total. The molecule has 2 unspecified atom stereocenters. The maximum absolute atomic E-state index is 12.9. The summed E-state index contributed by atoms with van der Waals surface area (Å²) in [6.45, 7) is 10.2. The second-order valence-corrected chi connectivity index (χ2v) is 10.4. The van der Waals surface area contributed by atoms with Crippen molar-refractivity contribution in [2.75, 3.05) is 13.6 Å². The molecule has 0 bridgehead atoms. The van der Waals surface area contributed by atoms with Gasteiger partial charge in [-0.3, -0.25) is 4.79 Å². The quantitative estimate of drug-likeness (QED) is 0.190. The van der Waals surface area contributed by atoms with E-state index in [9.17, 15) is 15.0 Å². The van der Waals surface area contributed by atoms with Crippen molar-refractivity contribution in [1.82, 2.24) is 9.80 Å². The van der Waals surface area contributed by atoms with Gasteiger partial charge in [0.25, 0.3) is 5.91 Å². The molecular weight excluding hydrogens is 424 g/mol. The first-order chi connectivity index (χ1) is 16.3. The number of carbonyl (C=O) groups excluding carboxylic acids is 1. The zero-order valence-corrected chi connectivity index (χ0v) is 22.7. The van der Waals surface area contributed by atoms with Gasteiger partial charge in [-0.15, -0.1) is 0 Å². The molecule has 0 saturated heterocycles. The van der Waals surface area contributed by atoms with E-state index in [-0.39, 0.29) is 11.8 Å². The average Bonchev–Trinajstić information content (AvgIpc) is 2.82. The second-order valence-electron chi connectivity index (χ2n) is 10.4. The van der Waals surface area contributed by atoms with Crippen LogP contribution in [0.2, 0.25) is 0 Å². The molecule has 0 aliphatic carbocycles. The molecule has 5 heteroatoms. The summed E-state index contributed by atoms with van der Waals surface area (Å²) in [6, 6.07) is 0. The lowest BCUT2D eigenvalue weighted by Gasteiger charge is -2.40. The first kappa shape index (κ1) is 30.7. The Morgan fingerprint density at radius 2 is 1.41 bits per heavy atom. The van der Waals surface area contributed by atoms with Crippen LogP contribution < -0.4 is 0 Å². The van der Waals surface area contributed by atoms with E-state index in [2.05, 4.69) is 13.5 Å². The number of likely N-dealkylation sites (N-methyl/N-ethyl adjacent to an activating group) is 1. The molecule has 0 aromatic rings. The van der Waals surface area contributed by atoms with E-state index in [0.717, 1.165) is 24.8 Å². The van der Waals surface area contributed by atoms with E-state index >= 15 is 0 Å². The molecular formula is C29H54N2O3. The van der Waals surface area contributed by atoms with Crippen molar-refractivity contribution in [3.8, 4) is 0 Å². The Kier molecular flexibility index (Phi) is 16.3. The third kappa shape index (κ3) is 10.9. The zero-order chi connectivity index (χ0) is 25.3. The molecule has 3 atom stereocenters. The van der Waals surface area contributed by atoms with E-state index in [1.807, 2.05) is 13.8 Å². The predicted molar refractivity (Wildman–Crippen MR) is 143 cm³/mol. The van der Waals surface area contributed by atoms with Crippen molar-refractivity contribution in [3.63, 3.8) is 0 Å². The summed E-state index contributed by atoms with van der Waals surface area (Å²) in [7, 11) is 1.80. The fourth-order valence-electron chi connectivity index (χ4n) is 4.90. The van der Waals surface area contributed by atoms with Gasteiger partial charge in [-0.2, -0.15) is 0 Å². The van der Waals surface area contributed by atoms with Crippen LogP contribution in [-0.2, 0) is 4.79 Å². The molecule has 0 fully saturated rings. The molecule has 0 aromatic carbocycles. The zero-order valence-electron chi connectivity index (χ0n) is 22.7. The smallest absolute Gasteiger partial charge is 0.272 e. The number of nitrogens with zero attached hydrogens (tertiary/aromatic N) is 2. The van der Waals surface area contributed by atoms with Gasteiger partial charge in [0.1, 0.15) is 11.9 Å². The van der Waals surface area contributed by atoms with Crippen LogP contribution in [0.4, 0.5) is 0 Å². The van der Waals surface area contributed by atoms with Crippen molar-refractivity contribution >= 4 is 5.91 Å². The van der Waals surface area contributed by atoms with E-state index < -0.39 is 12.3 Å². The normalized spacial score (nSPS) is 19.6. The molecule has 0 spiro atoms. The fraction of sp³-hybridized carbons (Fsp3) is 0.828. The number of hydrogen-bond acceptors (Lipinski definition) is 4. The van der Waals surface area contributed by atoms with Gasteiger partial charge in [-0.1, -0.05) is 110 Å². The summed E-state index contributed by atoms with van der Waals surface area (Å²) >= 11 is 0. The second kappa shape index (κ2) is 18.0. The highest BCUT2D eigenvalue weighted by atomic mass is 16.3. The maximum Gasteiger partial charge on any atom is 0.272 e. The molecule has 34 heavy (non-hydrogen) atoms. The van der Waals surface area contributed by atoms with Crippen LogP contribution in [0, 0.1) is 5.92 Å². The highest BCUT2D eigenvalue weighted by molar-refractivity contribution is 5.95. The van der Waals surface area contributed by atoms with Gasteiger partial charge < -0.3 is 20.0 Å². The first-order valence-electron chi connectivity index (χ1n) is 14.1. The van der Waals surface area contributed by atoms with Crippen molar-refractivity contribution < 1.29 is 15.0 Å². The largest absolute Gasteiger partial charge is 0.393 e. The van der Waals surface area contributed by atoms with Crippen molar-refractivity contribution in [2.45, 2.75) is 136 Å². The molecule has 1 rings (SSSR count).